The van der Waals surface area contributed by atoms with Crippen molar-refractivity contribution < 1.29 is 4.74 Å². The zero-order chi connectivity index (χ0) is 12.8. The molecule has 100 valence electrons. The molecule has 0 spiro atoms. The molecule has 1 aliphatic rings. The summed E-state index contributed by atoms with van der Waals surface area (Å²) in [6.07, 6.45) is 5.88. The largest absolute Gasteiger partial charge is 0.381 e. The SMILES string of the molecule is CN(CCc1ccncc1)C(CN)C1CCOC1. The molecule has 0 aromatic carbocycles. The van der Waals surface area contributed by atoms with Gasteiger partial charge in [-0.25, -0.2) is 0 Å². The van der Waals surface area contributed by atoms with E-state index in [1.165, 1.54) is 5.56 Å². The lowest BCUT2D eigenvalue weighted by molar-refractivity contribution is 0.141. The van der Waals surface area contributed by atoms with Crippen molar-refractivity contribution in [2.45, 2.75) is 18.9 Å². The van der Waals surface area contributed by atoms with Gasteiger partial charge in [0.1, 0.15) is 0 Å². The predicted octanol–water partition coefficient (Wildman–Crippen LogP) is 0.920. The van der Waals surface area contributed by atoms with E-state index in [0.717, 1.165) is 32.6 Å². The summed E-state index contributed by atoms with van der Waals surface area (Å²) in [7, 11) is 2.16. The van der Waals surface area contributed by atoms with E-state index in [2.05, 4.69) is 29.1 Å². The molecular weight excluding hydrogens is 226 g/mol. The van der Waals surface area contributed by atoms with Crippen molar-refractivity contribution >= 4 is 0 Å². The Kier molecular flexibility index (Phi) is 5.11. The van der Waals surface area contributed by atoms with E-state index in [1.807, 2.05) is 12.4 Å². The Morgan fingerprint density at radius 2 is 2.28 bits per heavy atom. The minimum atomic E-state index is 0.439. The lowest BCUT2D eigenvalue weighted by Gasteiger charge is -2.31. The van der Waals surface area contributed by atoms with Crippen LogP contribution in [0.3, 0.4) is 0 Å². The number of nitrogens with two attached hydrogens (primary N) is 1. The van der Waals surface area contributed by atoms with Gasteiger partial charge < -0.3 is 15.4 Å². The van der Waals surface area contributed by atoms with Crippen molar-refractivity contribution in [1.29, 1.82) is 0 Å². The molecule has 4 nitrogen and oxygen atoms in total. The highest BCUT2D eigenvalue weighted by atomic mass is 16.5. The minimum Gasteiger partial charge on any atom is -0.381 e. The number of aromatic nitrogens is 1. The topological polar surface area (TPSA) is 51.4 Å². The van der Waals surface area contributed by atoms with Crippen LogP contribution >= 0.6 is 0 Å². The Bertz CT molecular complexity index is 338. The van der Waals surface area contributed by atoms with Crippen molar-refractivity contribution in [2.75, 3.05) is 33.4 Å². The number of hydrogen-bond donors (Lipinski definition) is 1. The lowest BCUT2D eigenvalue weighted by Crippen LogP contribution is -2.44. The number of nitrogens with zero attached hydrogens (tertiary/aromatic N) is 2. The summed E-state index contributed by atoms with van der Waals surface area (Å²) in [6.45, 7) is 3.49. The summed E-state index contributed by atoms with van der Waals surface area (Å²) in [6, 6.07) is 4.59. The maximum Gasteiger partial charge on any atom is 0.0510 e. The van der Waals surface area contributed by atoms with Gasteiger partial charge in [0.05, 0.1) is 6.61 Å². The summed E-state index contributed by atoms with van der Waals surface area (Å²) >= 11 is 0. The first-order valence-corrected chi connectivity index (χ1v) is 6.68. The Balaban J connectivity index is 1.83. The Morgan fingerprint density at radius 3 is 2.89 bits per heavy atom. The van der Waals surface area contributed by atoms with E-state index >= 15 is 0 Å². The average molecular weight is 249 g/mol. The molecule has 18 heavy (non-hydrogen) atoms. The molecule has 0 saturated carbocycles. The molecule has 2 unspecified atom stereocenters. The van der Waals surface area contributed by atoms with E-state index in [0.29, 0.717) is 18.5 Å². The standard InChI is InChI=1S/C14H23N3O/c1-17(8-4-12-2-6-16-7-3-12)14(10-15)13-5-9-18-11-13/h2-3,6-7,13-14H,4-5,8-11,15H2,1H3. The Hall–Kier alpha value is -0.970. The normalized spacial score (nSPS) is 21.4. The first kappa shape index (κ1) is 13.5. The third-order valence-corrected chi connectivity index (χ3v) is 3.82. The highest BCUT2D eigenvalue weighted by molar-refractivity contribution is 5.10. The first-order valence-electron chi connectivity index (χ1n) is 6.68. The second-order valence-electron chi connectivity index (χ2n) is 5.01. The fourth-order valence-corrected chi connectivity index (χ4v) is 2.61. The fraction of sp³-hybridized carbons (Fsp3) is 0.643. The van der Waals surface area contributed by atoms with Crippen LogP contribution in [0.2, 0.25) is 0 Å². The predicted molar refractivity (Wildman–Crippen MR) is 72.3 cm³/mol. The maximum absolute atomic E-state index is 5.92. The lowest BCUT2D eigenvalue weighted by atomic mass is 9.97. The summed E-state index contributed by atoms with van der Waals surface area (Å²) in [4.78, 5) is 6.41. The smallest absolute Gasteiger partial charge is 0.0510 e. The van der Waals surface area contributed by atoms with Crippen LogP contribution in [0.25, 0.3) is 0 Å². The van der Waals surface area contributed by atoms with E-state index in [-0.39, 0.29) is 0 Å². The summed E-state index contributed by atoms with van der Waals surface area (Å²) < 4.78 is 5.46. The number of pyridine rings is 1. The van der Waals surface area contributed by atoms with Crippen LogP contribution < -0.4 is 5.73 Å². The van der Waals surface area contributed by atoms with E-state index in [4.69, 9.17) is 10.5 Å². The van der Waals surface area contributed by atoms with Crippen molar-refractivity contribution in [3.63, 3.8) is 0 Å². The van der Waals surface area contributed by atoms with Gasteiger partial charge in [-0.2, -0.15) is 0 Å². The molecule has 0 radical (unpaired) electrons. The van der Waals surface area contributed by atoms with Crippen LogP contribution in [0.1, 0.15) is 12.0 Å². The average Bonchev–Trinajstić information content (AvgIpc) is 2.92. The third-order valence-electron chi connectivity index (χ3n) is 3.82. The van der Waals surface area contributed by atoms with Crippen LogP contribution in [-0.4, -0.2) is 49.3 Å². The third kappa shape index (κ3) is 3.51. The van der Waals surface area contributed by atoms with Crippen LogP contribution in [0, 0.1) is 5.92 Å². The molecule has 1 aromatic heterocycles. The van der Waals surface area contributed by atoms with Crippen LogP contribution in [0.5, 0.6) is 0 Å². The Morgan fingerprint density at radius 1 is 1.50 bits per heavy atom. The van der Waals surface area contributed by atoms with Crippen LogP contribution in [0.4, 0.5) is 0 Å². The first-order chi connectivity index (χ1) is 8.81. The second kappa shape index (κ2) is 6.83. The molecule has 0 amide bonds. The number of likely N-dealkylation sites (N-methyl/N-ethyl adjacent to an activating group) is 1. The van der Waals surface area contributed by atoms with Crippen molar-refractivity contribution in [3.05, 3.63) is 30.1 Å². The van der Waals surface area contributed by atoms with Gasteiger partial charge in [-0.3, -0.25) is 4.98 Å². The van der Waals surface area contributed by atoms with E-state index in [9.17, 15) is 0 Å². The molecule has 2 heterocycles. The summed E-state index contributed by atoms with van der Waals surface area (Å²) in [5, 5.41) is 0. The quantitative estimate of drug-likeness (QED) is 0.814. The molecule has 2 atom stereocenters. The van der Waals surface area contributed by atoms with E-state index < -0.39 is 0 Å². The molecule has 4 heteroatoms. The fourth-order valence-electron chi connectivity index (χ4n) is 2.61. The molecule has 1 saturated heterocycles. The van der Waals surface area contributed by atoms with Gasteiger partial charge >= 0.3 is 0 Å². The number of rotatable bonds is 6. The molecular formula is C14H23N3O. The molecule has 2 rings (SSSR count). The van der Waals surface area contributed by atoms with Gasteiger partial charge in [0, 0.05) is 44.0 Å². The minimum absolute atomic E-state index is 0.439. The van der Waals surface area contributed by atoms with Crippen molar-refractivity contribution in [1.82, 2.24) is 9.88 Å². The van der Waals surface area contributed by atoms with Gasteiger partial charge in [0.2, 0.25) is 0 Å². The molecule has 1 fully saturated rings. The number of ether oxygens (including phenoxy) is 1. The summed E-state index contributed by atoms with van der Waals surface area (Å²) in [5.74, 6) is 0.595. The molecule has 1 aliphatic heterocycles. The molecule has 0 bridgehead atoms. The van der Waals surface area contributed by atoms with Crippen LogP contribution in [0.15, 0.2) is 24.5 Å². The van der Waals surface area contributed by atoms with Crippen molar-refractivity contribution in [2.24, 2.45) is 11.7 Å². The highest BCUT2D eigenvalue weighted by Crippen LogP contribution is 2.20. The van der Waals surface area contributed by atoms with Crippen LogP contribution in [-0.2, 0) is 11.2 Å². The second-order valence-corrected chi connectivity index (χ2v) is 5.01. The van der Waals surface area contributed by atoms with E-state index in [1.54, 1.807) is 0 Å². The zero-order valence-corrected chi connectivity index (χ0v) is 11.1. The maximum atomic E-state index is 5.92. The highest BCUT2D eigenvalue weighted by Gasteiger charge is 2.27. The molecule has 0 aliphatic carbocycles. The van der Waals surface area contributed by atoms with Crippen molar-refractivity contribution in [3.8, 4) is 0 Å². The Labute approximate surface area is 109 Å². The van der Waals surface area contributed by atoms with Gasteiger partial charge in [0.25, 0.3) is 0 Å². The van der Waals surface area contributed by atoms with Gasteiger partial charge in [-0.15, -0.1) is 0 Å². The monoisotopic (exact) mass is 249 g/mol. The van der Waals surface area contributed by atoms with Gasteiger partial charge in [0.15, 0.2) is 0 Å². The van der Waals surface area contributed by atoms with Gasteiger partial charge in [-0.05, 0) is 37.6 Å². The van der Waals surface area contributed by atoms with Gasteiger partial charge in [-0.1, -0.05) is 0 Å². The molecule has 2 N–H and O–H groups in total. The molecule has 1 aromatic rings. The summed E-state index contributed by atoms with van der Waals surface area (Å²) in [5.41, 5.74) is 7.24. The zero-order valence-electron chi connectivity index (χ0n) is 11.1. The number of hydrogen-bond acceptors (Lipinski definition) is 4.